The van der Waals surface area contributed by atoms with Crippen LogP contribution in [0.4, 0.5) is 13.2 Å². The minimum absolute atomic E-state index is 0.0863. The van der Waals surface area contributed by atoms with Crippen molar-refractivity contribution in [2.45, 2.75) is 25.6 Å². The van der Waals surface area contributed by atoms with Crippen LogP contribution in [-0.2, 0) is 4.74 Å². The van der Waals surface area contributed by atoms with E-state index in [4.69, 9.17) is 10.00 Å². The van der Waals surface area contributed by atoms with E-state index in [-0.39, 0.29) is 17.8 Å². The third kappa shape index (κ3) is 1.61. The monoisotopic (exact) mass is 231 g/mol. The molecule has 16 heavy (non-hydrogen) atoms. The molecule has 0 bridgehead atoms. The second kappa shape index (κ2) is 3.24. The fourth-order valence-electron chi connectivity index (χ4n) is 2.58. The van der Waals surface area contributed by atoms with E-state index < -0.39 is 18.4 Å². The van der Waals surface area contributed by atoms with Gasteiger partial charge in [-0.25, -0.2) is 0 Å². The van der Waals surface area contributed by atoms with Gasteiger partial charge in [-0.3, -0.25) is 0 Å². The lowest BCUT2D eigenvalue weighted by Gasteiger charge is -2.29. The first-order valence-electron chi connectivity index (χ1n) is 5.09. The normalized spacial score (nSPS) is 41.2. The van der Waals surface area contributed by atoms with Crippen LogP contribution in [0.5, 0.6) is 0 Å². The average molecular weight is 231 g/mol. The van der Waals surface area contributed by atoms with Crippen molar-refractivity contribution >= 4 is 0 Å². The van der Waals surface area contributed by atoms with Gasteiger partial charge in [0.15, 0.2) is 0 Å². The van der Waals surface area contributed by atoms with Crippen LogP contribution in [0.1, 0.15) is 13.8 Å². The van der Waals surface area contributed by atoms with Crippen molar-refractivity contribution in [3.05, 3.63) is 11.6 Å². The number of hydrogen-bond acceptors (Lipinski definition) is 2. The molecule has 5 heteroatoms. The highest BCUT2D eigenvalue weighted by Gasteiger charge is 2.64. The fourth-order valence-corrected chi connectivity index (χ4v) is 2.58. The molecule has 0 heterocycles. The number of fused-ring (bicyclic) bond motifs is 1. The molecule has 0 unspecified atom stereocenters. The largest absolute Gasteiger partial charge is 0.411 e. The summed E-state index contributed by atoms with van der Waals surface area (Å²) < 4.78 is 41.4. The first kappa shape index (κ1) is 11.5. The summed E-state index contributed by atoms with van der Waals surface area (Å²) in [6.45, 7) is 2.15. The van der Waals surface area contributed by atoms with Crippen LogP contribution in [0.3, 0.4) is 0 Å². The summed E-state index contributed by atoms with van der Waals surface area (Å²) in [6, 6.07) is 2.11. The van der Waals surface area contributed by atoms with Crippen molar-refractivity contribution < 1.29 is 17.9 Å². The lowest BCUT2D eigenvalue weighted by molar-refractivity contribution is -0.199. The first-order valence-corrected chi connectivity index (χ1v) is 5.09. The second-order valence-electron chi connectivity index (χ2n) is 4.62. The van der Waals surface area contributed by atoms with E-state index in [0.717, 1.165) is 5.57 Å². The molecule has 2 rings (SSSR count). The molecule has 0 aromatic heterocycles. The summed E-state index contributed by atoms with van der Waals surface area (Å²) in [5.41, 5.74) is -0.112. The molecule has 1 saturated carbocycles. The molecule has 88 valence electrons. The fraction of sp³-hybridized carbons (Fsp3) is 0.727. The minimum Gasteiger partial charge on any atom is -0.361 e. The third-order valence-electron chi connectivity index (χ3n) is 3.62. The first-order chi connectivity index (χ1) is 7.29. The average Bonchev–Trinajstić information content (AvgIpc) is 2.80. The lowest BCUT2D eigenvalue weighted by Crippen LogP contribution is -2.36. The summed E-state index contributed by atoms with van der Waals surface area (Å²) in [5.74, 6) is -0.190. The molecule has 0 aromatic carbocycles. The summed E-state index contributed by atoms with van der Waals surface area (Å²) in [4.78, 5) is 0. The van der Waals surface area contributed by atoms with E-state index in [2.05, 4.69) is 6.07 Å². The van der Waals surface area contributed by atoms with Crippen molar-refractivity contribution in [2.75, 3.05) is 6.61 Å². The maximum atomic E-state index is 12.1. The minimum atomic E-state index is -4.32. The van der Waals surface area contributed by atoms with Crippen LogP contribution >= 0.6 is 0 Å². The van der Waals surface area contributed by atoms with E-state index in [9.17, 15) is 13.2 Å². The Morgan fingerprint density at radius 1 is 1.56 bits per heavy atom. The predicted octanol–water partition coefficient (Wildman–Crippen LogP) is 2.67. The van der Waals surface area contributed by atoms with Gasteiger partial charge in [0, 0.05) is 11.8 Å². The highest BCUT2D eigenvalue weighted by atomic mass is 19.4. The maximum absolute atomic E-state index is 12.1. The third-order valence-corrected chi connectivity index (χ3v) is 3.62. The van der Waals surface area contributed by atoms with Crippen molar-refractivity contribution in [3.63, 3.8) is 0 Å². The Hall–Kier alpha value is -1.02. The quantitative estimate of drug-likeness (QED) is 0.684. The van der Waals surface area contributed by atoms with Gasteiger partial charge in [-0.2, -0.15) is 18.4 Å². The number of halogens is 3. The number of ether oxygens (including phenoxy) is 1. The van der Waals surface area contributed by atoms with Gasteiger partial charge in [0.05, 0.1) is 17.6 Å². The molecule has 0 N–H and O–H groups in total. The zero-order valence-corrected chi connectivity index (χ0v) is 9.01. The molecule has 0 radical (unpaired) electrons. The lowest BCUT2D eigenvalue weighted by atomic mass is 9.93. The number of nitrogens with zero attached hydrogens (tertiary/aromatic N) is 1. The van der Waals surface area contributed by atoms with Crippen molar-refractivity contribution in [1.82, 2.24) is 0 Å². The molecule has 1 fully saturated rings. The summed E-state index contributed by atoms with van der Waals surface area (Å²) in [5, 5.41) is 8.80. The van der Waals surface area contributed by atoms with Crippen LogP contribution in [0.15, 0.2) is 11.6 Å². The van der Waals surface area contributed by atoms with Gasteiger partial charge in [-0.05, 0) is 19.4 Å². The molecular formula is C11H12F3NO. The topological polar surface area (TPSA) is 33.0 Å². The Balaban J connectivity index is 2.08. The maximum Gasteiger partial charge on any atom is 0.411 e. The smallest absolute Gasteiger partial charge is 0.361 e. The van der Waals surface area contributed by atoms with Gasteiger partial charge in [0.1, 0.15) is 6.61 Å². The summed E-state index contributed by atoms with van der Waals surface area (Å²) >= 11 is 0. The molecular weight excluding hydrogens is 219 g/mol. The van der Waals surface area contributed by atoms with Gasteiger partial charge in [-0.15, -0.1) is 0 Å². The van der Waals surface area contributed by atoms with Crippen LogP contribution in [0.2, 0.25) is 0 Å². The Labute approximate surface area is 91.7 Å². The van der Waals surface area contributed by atoms with Crippen molar-refractivity contribution in [3.8, 4) is 6.07 Å². The zero-order chi connectivity index (χ0) is 12.1. The van der Waals surface area contributed by atoms with E-state index in [1.54, 1.807) is 13.8 Å². The van der Waals surface area contributed by atoms with Crippen molar-refractivity contribution in [1.29, 1.82) is 5.26 Å². The van der Waals surface area contributed by atoms with E-state index >= 15 is 0 Å². The molecule has 2 aliphatic rings. The molecule has 4 atom stereocenters. The second-order valence-corrected chi connectivity index (χ2v) is 4.62. The van der Waals surface area contributed by atoms with Gasteiger partial charge < -0.3 is 4.74 Å². The highest BCUT2D eigenvalue weighted by Crippen LogP contribution is 2.62. The number of hydrogen-bond donors (Lipinski definition) is 0. The Morgan fingerprint density at radius 3 is 2.69 bits per heavy atom. The number of nitriles is 1. The predicted molar refractivity (Wildman–Crippen MR) is 50.3 cm³/mol. The molecule has 2 nitrogen and oxygen atoms in total. The zero-order valence-electron chi connectivity index (χ0n) is 9.01. The number of alkyl halides is 3. The molecule has 0 saturated heterocycles. The van der Waals surface area contributed by atoms with Gasteiger partial charge >= 0.3 is 6.18 Å². The van der Waals surface area contributed by atoms with Crippen LogP contribution in [-0.4, -0.2) is 18.4 Å². The van der Waals surface area contributed by atoms with Crippen molar-refractivity contribution in [2.24, 2.45) is 17.8 Å². The Kier molecular flexibility index (Phi) is 2.32. The van der Waals surface area contributed by atoms with Gasteiger partial charge in [0.2, 0.25) is 0 Å². The van der Waals surface area contributed by atoms with Crippen LogP contribution < -0.4 is 0 Å². The SMILES string of the molecule is CC1=C[C@H]2[C@H](C#N)[C@H]2[C@]1(C)OCC(F)(F)F. The van der Waals surface area contributed by atoms with Crippen LogP contribution in [0, 0.1) is 29.1 Å². The molecule has 0 amide bonds. The van der Waals surface area contributed by atoms with Gasteiger partial charge in [-0.1, -0.05) is 6.08 Å². The van der Waals surface area contributed by atoms with E-state index in [1.165, 1.54) is 0 Å². The van der Waals surface area contributed by atoms with Gasteiger partial charge in [0.25, 0.3) is 0 Å². The standard InChI is InChI=1S/C11H12F3NO/c1-6-3-7-8(4-15)9(7)10(6,2)16-5-11(12,13)14/h3,7-9H,5H2,1-2H3/t7-,8-,9-,10+/m0/s1. The summed E-state index contributed by atoms with van der Waals surface area (Å²) in [6.07, 6.45) is -2.45. The molecule has 0 aromatic rings. The molecule has 0 aliphatic heterocycles. The molecule has 0 spiro atoms. The number of rotatable bonds is 2. The highest BCUT2D eigenvalue weighted by molar-refractivity contribution is 5.37. The van der Waals surface area contributed by atoms with E-state index in [0.29, 0.717) is 0 Å². The van der Waals surface area contributed by atoms with E-state index in [1.807, 2.05) is 6.08 Å². The Bertz CT molecular complexity index is 382. The van der Waals surface area contributed by atoms with Crippen LogP contribution in [0.25, 0.3) is 0 Å². The molecule has 2 aliphatic carbocycles. The number of allylic oxidation sites excluding steroid dienone is 1. The Morgan fingerprint density at radius 2 is 2.19 bits per heavy atom. The summed E-state index contributed by atoms with van der Waals surface area (Å²) in [7, 11) is 0.